The smallest absolute Gasteiger partial charge is 0.264 e. The lowest BCUT2D eigenvalue weighted by molar-refractivity contribution is -0.140. The molecule has 0 aliphatic heterocycles. The highest BCUT2D eigenvalue weighted by atomic mass is 35.5. The van der Waals surface area contributed by atoms with E-state index in [1.54, 1.807) is 54.6 Å². The van der Waals surface area contributed by atoms with Crippen molar-refractivity contribution in [3.8, 4) is 0 Å². The quantitative estimate of drug-likeness (QED) is 0.292. The first kappa shape index (κ1) is 31.2. The van der Waals surface area contributed by atoms with Gasteiger partial charge in [0.2, 0.25) is 11.8 Å². The molecule has 0 aliphatic rings. The molecular weight excluding hydrogens is 546 g/mol. The van der Waals surface area contributed by atoms with Crippen molar-refractivity contribution in [1.82, 2.24) is 10.2 Å². The van der Waals surface area contributed by atoms with Crippen molar-refractivity contribution in [3.05, 3.63) is 94.0 Å². The fraction of sp³-hybridized carbons (Fsp3) is 0.355. The summed E-state index contributed by atoms with van der Waals surface area (Å²) in [5.74, 6) is -0.754. The summed E-state index contributed by atoms with van der Waals surface area (Å²) in [6.07, 6.45) is 1.12. The number of hydrogen-bond donors (Lipinski definition) is 1. The first-order valence-electron chi connectivity index (χ1n) is 13.5. The Kier molecular flexibility index (Phi) is 10.8. The van der Waals surface area contributed by atoms with Crippen LogP contribution in [0.3, 0.4) is 0 Å². The Morgan fingerprint density at radius 2 is 1.52 bits per heavy atom. The molecule has 0 aromatic heterocycles. The van der Waals surface area contributed by atoms with Gasteiger partial charge in [-0.25, -0.2) is 8.42 Å². The lowest BCUT2D eigenvalue weighted by Crippen LogP contribution is -2.52. The summed E-state index contributed by atoms with van der Waals surface area (Å²) >= 11 is 6.07. The topological polar surface area (TPSA) is 86.8 Å². The minimum absolute atomic E-state index is 0.0860. The Labute approximate surface area is 243 Å². The molecule has 0 spiro atoms. The standard InChI is InChI=1S/C31H38ClN3O4S/c1-6-18-33-31(37)28(7-2)34(20-25-11-13-26(32)14-12-25)30(36)21-35(29-17-10-23(4)19-24(29)5)40(38,39)27-15-8-22(3)9-16-27/h8-17,19,28H,6-7,18,20-21H2,1-5H3,(H,33,37)/t28-/m0/s1. The lowest BCUT2D eigenvalue weighted by atomic mass is 10.1. The molecule has 0 fully saturated rings. The maximum Gasteiger partial charge on any atom is 0.264 e. The number of amides is 2. The molecule has 3 aromatic rings. The van der Waals surface area contributed by atoms with Gasteiger partial charge in [-0.15, -0.1) is 0 Å². The van der Waals surface area contributed by atoms with Crippen LogP contribution in [0.2, 0.25) is 5.02 Å². The number of carbonyl (C=O) groups excluding carboxylic acids is 2. The number of nitrogens with one attached hydrogen (secondary N) is 1. The van der Waals surface area contributed by atoms with Gasteiger partial charge in [-0.1, -0.05) is 73.0 Å². The molecule has 3 aromatic carbocycles. The maximum atomic E-state index is 14.1. The summed E-state index contributed by atoms with van der Waals surface area (Å²) in [4.78, 5) is 28.8. The second-order valence-electron chi connectivity index (χ2n) is 9.98. The number of carbonyl (C=O) groups is 2. The van der Waals surface area contributed by atoms with Gasteiger partial charge in [-0.3, -0.25) is 13.9 Å². The van der Waals surface area contributed by atoms with E-state index in [1.165, 1.54) is 4.90 Å². The van der Waals surface area contributed by atoms with Crippen LogP contribution in [0.15, 0.2) is 71.6 Å². The summed E-state index contributed by atoms with van der Waals surface area (Å²) in [7, 11) is -4.11. The van der Waals surface area contributed by atoms with Crippen LogP contribution in [0.5, 0.6) is 0 Å². The number of anilines is 1. The molecule has 7 nitrogen and oxygen atoms in total. The van der Waals surface area contributed by atoms with E-state index in [-0.39, 0.29) is 17.3 Å². The lowest BCUT2D eigenvalue weighted by Gasteiger charge is -2.33. The molecule has 3 rings (SSSR count). The van der Waals surface area contributed by atoms with Gasteiger partial charge in [-0.2, -0.15) is 0 Å². The van der Waals surface area contributed by atoms with Gasteiger partial charge >= 0.3 is 0 Å². The molecule has 9 heteroatoms. The van der Waals surface area contributed by atoms with E-state index < -0.39 is 28.5 Å². The summed E-state index contributed by atoms with van der Waals surface area (Å²) in [6, 6.07) is 18.2. The molecule has 214 valence electrons. The molecule has 1 N–H and O–H groups in total. The second-order valence-corrected chi connectivity index (χ2v) is 12.3. The average Bonchev–Trinajstić information content (AvgIpc) is 2.92. The van der Waals surface area contributed by atoms with Gasteiger partial charge in [0.05, 0.1) is 10.6 Å². The number of aryl methyl sites for hydroxylation is 3. The highest BCUT2D eigenvalue weighted by Crippen LogP contribution is 2.28. The summed E-state index contributed by atoms with van der Waals surface area (Å²) < 4.78 is 29.2. The van der Waals surface area contributed by atoms with Crippen molar-refractivity contribution in [2.24, 2.45) is 0 Å². The number of halogens is 1. The van der Waals surface area contributed by atoms with Crippen LogP contribution in [-0.2, 0) is 26.2 Å². The molecular formula is C31H38ClN3O4S. The minimum atomic E-state index is -4.11. The van der Waals surface area contributed by atoms with E-state index >= 15 is 0 Å². The second kappa shape index (κ2) is 13.8. The van der Waals surface area contributed by atoms with Crippen LogP contribution in [0.4, 0.5) is 5.69 Å². The van der Waals surface area contributed by atoms with Crippen molar-refractivity contribution >= 4 is 39.1 Å². The summed E-state index contributed by atoms with van der Waals surface area (Å²) in [5.41, 5.74) is 3.81. The first-order valence-corrected chi connectivity index (χ1v) is 15.3. The number of hydrogen-bond acceptors (Lipinski definition) is 4. The van der Waals surface area contributed by atoms with Crippen LogP contribution in [-0.4, -0.2) is 44.3 Å². The Morgan fingerprint density at radius 3 is 2.10 bits per heavy atom. The van der Waals surface area contributed by atoms with E-state index in [1.807, 2.05) is 46.8 Å². The molecule has 0 heterocycles. The molecule has 0 aliphatic carbocycles. The van der Waals surface area contributed by atoms with Crippen LogP contribution >= 0.6 is 11.6 Å². The predicted molar refractivity (Wildman–Crippen MR) is 161 cm³/mol. The van der Waals surface area contributed by atoms with Gasteiger partial charge in [0.15, 0.2) is 0 Å². The fourth-order valence-electron chi connectivity index (χ4n) is 4.51. The number of benzene rings is 3. The normalized spacial score (nSPS) is 12.1. The van der Waals surface area contributed by atoms with Crippen LogP contribution < -0.4 is 9.62 Å². The minimum Gasteiger partial charge on any atom is -0.354 e. The van der Waals surface area contributed by atoms with E-state index in [2.05, 4.69) is 5.32 Å². The van der Waals surface area contributed by atoms with Crippen molar-refractivity contribution in [2.75, 3.05) is 17.4 Å². The van der Waals surface area contributed by atoms with Crippen molar-refractivity contribution in [2.45, 2.75) is 64.9 Å². The number of nitrogens with zero attached hydrogens (tertiary/aromatic N) is 2. The largest absolute Gasteiger partial charge is 0.354 e. The van der Waals surface area contributed by atoms with Crippen molar-refractivity contribution in [1.29, 1.82) is 0 Å². The third kappa shape index (κ3) is 7.64. The third-order valence-electron chi connectivity index (χ3n) is 6.71. The highest BCUT2D eigenvalue weighted by Gasteiger charge is 2.34. The fourth-order valence-corrected chi connectivity index (χ4v) is 6.11. The summed E-state index contributed by atoms with van der Waals surface area (Å²) in [5, 5.41) is 3.44. The van der Waals surface area contributed by atoms with Crippen LogP contribution in [0, 0.1) is 20.8 Å². The monoisotopic (exact) mass is 583 g/mol. The highest BCUT2D eigenvalue weighted by molar-refractivity contribution is 7.92. The Hall–Kier alpha value is -3.36. The van der Waals surface area contributed by atoms with Gasteiger partial charge in [0, 0.05) is 18.1 Å². The number of sulfonamides is 1. The predicted octanol–water partition coefficient (Wildman–Crippen LogP) is 5.79. The maximum absolute atomic E-state index is 14.1. The molecule has 1 atom stereocenters. The SMILES string of the molecule is CCCNC(=O)[C@H](CC)N(Cc1ccc(Cl)cc1)C(=O)CN(c1ccc(C)cc1C)S(=O)(=O)c1ccc(C)cc1. The van der Waals surface area contributed by atoms with Crippen LogP contribution in [0.25, 0.3) is 0 Å². The zero-order valence-electron chi connectivity index (χ0n) is 23.8. The van der Waals surface area contributed by atoms with E-state index in [9.17, 15) is 18.0 Å². The average molecular weight is 584 g/mol. The zero-order valence-corrected chi connectivity index (χ0v) is 25.3. The molecule has 0 saturated carbocycles. The first-order chi connectivity index (χ1) is 19.0. The van der Waals surface area contributed by atoms with Gasteiger partial charge in [0.25, 0.3) is 10.0 Å². The molecule has 0 bridgehead atoms. The molecule has 0 unspecified atom stereocenters. The zero-order chi connectivity index (χ0) is 29.4. The van der Waals surface area contributed by atoms with Crippen molar-refractivity contribution < 1.29 is 18.0 Å². The molecule has 0 saturated heterocycles. The third-order valence-corrected chi connectivity index (χ3v) is 8.74. The van der Waals surface area contributed by atoms with Crippen LogP contribution in [0.1, 0.15) is 48.9 Å². The van der Waals surface area contributed by atoms with E-state index in [0.29, 0.717) is 23.7 Å². The Balaban J connectivity index is 2.08. The number of rotatable bonds is 12. The Morgan fingerprint density at radius 1 is 0.900 bits per heavy atom. The molecule has 0 radical (unpaired) electrons. The van der Waals surface area contributed by atoms with E-state index in [0.717, 1.165) is 33.0 Å². The van der Waals surface area contributed by atoms with Gasteiger partial charge in [0.1, 0.15) is 12.6 Å². The van der Waals surface area contributed by atoms with Crippen molar-refractivity contribution in [3.63, 3.8) is 0 Å². The molecule has 40 heavy (non-hydrogen) atoms. The van der Waals surface area contributed by atoms with E-state index in [4.69, 9.17) is 11.6 Å². The van der Waals surface area contributed by atoms with Gasteiger partial charge in [-0.05, 0) is 75.1 Å². The summed E-state index contributed by atoms with van der Waals surface area (Å²) in [6.45, 7) is 9.56. The molecule has 2 amide bonds. The van der Waals surface area contributed by atoms with Gasteiger partial charge < -0.3 is 10.2 Å². The Bertz CT molecular complexity index is 1420.